The minimum Gasteiger partial charge on any atom is -0.373 e. The summed E-state index contributed by atoms with van der Waals surface area (Å²) in [6, 6.07) is 0.635. The molecule has 0 N–H and O–H groups in total. The Balaban J connectivity index is 2.49. The van der Waals surface area contributed by atoms with E-state index < -0.39 is 0 Å². The Morgan fingerprint density at radius 1 is 1.17 bits per heavy atom. The van der Waals surface area contributed by atoms with Crippen LogP contribution in [-0.2, 0) is 0 Å². The third-order valence-electron chi connectivity index (χ3n) is 2.64. The maximum Gasteiger partial charge on any atom is 0.0230 e. The molecule has 1 saturated heterocycles. The minimum absolute atomic E-state index is 0.635. The topological polar surface area (TPSA) is 3.24 Å². The largest absolute Gasteiger partial charge is 0.373 e. The number of allylic oxidation sites excluding steroid dienone is 1. The normalized spacial score (nSPS) is 20.9. The minimum atomic E-state index is 0.635. The molecule has 1 heterocycles. The van der Waals surface area contributed by atoms with E-state index in [1.54, 1.807) is 0 Å². The lowest BCUT2D eigenvalue weighted by Gasteiger charge is -2.32. The van der Waals surface area contributed by atoms with Crippen molar-refractivity contribution in [1.82, 2.24) is 4.90 Å². The van der Waals surface area contributed by atoms with E-state index in [0.717, 1.165) is 0 Å². The van der Waals surface area contributed by atoms with Crippen LogP contribution in [0.25, 0.3) is 0 Å². The number of nitrogens with zero attached hydrogens (tertiary/aromatic N) is 1. The van der Waals surface area contributed by atoms with Gasteiger partial charge < -0.3 is 4.90 Å². The van der Waals surface area contributed by atoms with E-state index in [1.165, 1.54) is 44.3 Å². The van der Waals surface area contributed by atoms with Crippen molar-refractivity contribution in [3.8, 4) is 0 Å². The van der Waals surface area contributed by atoms with Gasteiger partial charge in [-0.1, -0.05) is 19.4 Å². The first-order valence-electron chi connectivity index (χ1n) is 5.16. The SMILES string of the molecule is C=C1CCCCCCN1C(C)C. The molecule has 1 aliphatic heterocycles. The van der Waals surface area contributed by atoms with E-state index >= 15 is 0 Å². The van der Waals surface area contributed by atoms with Crippen LogP contribution in [0.1, 0.15) is 46.0 Å². The number of hydrogen-bond acceptors (Lipinski definition) is 1. The second kappa shape index (κ2) is 4.54. The third kappa shape index (κ3) is 2.54. The summed E-state index contributed by atoms with van der Waals surface area (Å²) in [6.07, 6.45) is 6.68. The molecule has 1 heteroatoms. The molecule has 1 aliphatic rings. The van der Waals surface area contributed by atoms with Gasteiger partial charge in [0.25, 0.3) is 0 Å². The van der Waals surface area contributed by atoms with Crippen molar-refractivity contribution in [3.63, 3.8) is 0 Å². The maximum absolute atomic E-state index is 4.14. The molecule has 1 rings (SSSR count). The van der Waals surface area contributed by atoms with Crippen molar-refractivity contribution < 1.29 is 0 Å². The molecule has 0 aromatic rings. The fourth-order valence-electron chi connectivity index (χ4n) is 1.89. The lowest BCUT2D eigenvalue weighted by atomic mass is 10.1. The summed E-state index contributed by atoms with van der Waals surface area (Å²) in [5.41, 5.74) is 1.35. The first-order chi connectivity index (χ1) is 5.72. The number of rotatable bonds is 1. The highest BCUT2D eigenvalue weighted by molar-refractivity contribution is 4.96. The van der Waals surface area contributed by atoms with Crippen LogP contribution in [0.2, 0.25) is 0 Å². The summed E-state index contributed by atoms with van der Waals surface area (Å²) >= 11 is 0. The molecule has 1 fully saturated rings. The Kier molecular flexibility index (Phi) is 3.64. The Hall–Kier alpha value is -0.460. The summed E-state index contributed by atoms with van der Waals surface area (Å²) in [7, 11) is 0. The van der Waals surface area contributed by atoms with E-state index in [4.69, 9.17) is 0 Å². The van der Waals surface area contributed by atoms with E-state index in [9.17, 15) is 0 Å². The molecule has 70 valence electrons. The number of likely N-dealkylation sites (tertiary alicyclic amines) is 1. The predicted molar refractivity (Wildman–Crippen MR) is 54.1 cm³/mol. The molecule has 0 aromatic heterocycles. The van der Waals surface area contributed by atoms with E-state index in [-0.39, 0.29) is 0 Å². The Morgan fingerprint density at radius 3 is 2.50 bits per heavy atom. The molecular weight excluding hydrogens is 146 g/mol. The second-order valence-corrected chi connectivity index (χ2v) is 4.02. The van der Waals surface area contributed by atoms with Gasteiger partial charge in [-0.15, -0.1) is 0 Å². The average molecular weight is 167 g/mol. The smallest absolute Gasteiger partial charge is 0.0230 e. The third-order valence-corrected chi connectivity index (χ3v) is 2.64. The van der Waals surface area contributed by atoms with Crippen molar-refractivity contribution in [2.45, 2.75) is 52.0 Å². The van der Waals surface area contributed by atoms with Gasteiger partial charge in [-0.25, -0.2) is 0 Å². The van der Waals surface area contributed by atoms with E-state index in [0.29, 0.717) is 6.04 Å². The van der Waals surface area contributed by atoms with Gasteiger partial charge in [-0.05, 0) is 33.1 Å². The van der Waals surface area contributed by atoms with Gasteiger partial charge >= 0.3 is 0 Å². The average Bonchev–Trinajstić information content (AvgIpc) is 1.96. The molecule has 0 bridgehead atoms. The van der Waals surface area contributed by atoms with Gasteiger partial charge in [0.15, 0.2) is 0 Å². The van der Waals surface area contributed by atoms with Crippen LogP contribution in [0.5, 0.6) is 0 Å². The maximum atomic E-state index is 4.14. The van der Waals surface area contributed by atoms with Crippen molar-refractivity contribution in [3.05, 3.63) is 12.3 Å². The van der Waals surface area contributed by atoms with Crippen LogP contribution >= 0.6 is 0 Å². The summed E-state index contributed by atoms with van der Waals surface area (Å²) < 4.78 is 0. The molecule has 1 nitrogen and oxygen atoms in total. The monoisotopic (exact) mass is 167 g/mol. The van der Waals surface area contributed by atoms with Crippen LogP contribution < -0.4 is 0 Å². The summed E-state index contributed by atoms with van der Waals surface area (Å²) in [4.78, 5) is 2.46. The van der Waals surface area contributed by atoms with E-state index in [2.05, 4.69) is 25.3 Å². The van der Waals surface area contributed by atoms with Gasteiger partial charge in [0.05, 0.1) is 0 Å². The predicted octanol–water partition coefficient (Wildman–Crippen LogP) is 3.17. The molecule has 0 saturated carbocycles. The molecule has 0 spiro atoms. The molecule has 12 heavy (non-hydrogen) atoms. The van der Waals surface area contributed by atoms with Crippen LogP contribution in [0.4, 0.5) is 0 Å². The lowest BCUT2D eigenvalue weighted by molar-refractivity contribution is 0.257. The lowest BCUT2D eigenvalue weighted by Crippen LogP contribution is -2.31. The van der Waals surface area contributed by atoms with Crippen molar-refractivity contribution in [1.29, 1.82) is 0 Å². The first kappa shape index (κ1) is 9.63. The summed E-state index contributed by atoms with van der Waals surface area (Å²) in [6.45, 7) is 9.88. The molecular formula is C11H21N. The molecule has 0 aliphatic carbocycles. The van der Waals surface area contributed by atoms with Crippen molar-refractivity contribution >= 4 is 0 Å². The zero-order valence-electron chi connectivity index (χ0n) is 8.47. The standard InChI is InChI=1S/C11H21N/c1-10(2)12-9-7-5-4-6-8-11(12)3/h10H,3-9H2,1-2H3. The van der Waals surface area contributed by atoms with Crippen molar-refractivity contribution in [2.24, 2.45) is 0 Å². The fourth-order valence-corrected chi connectivity index (χ4v) is 1.89. The highest BCUT2D eigenvalue weighted by Crippen LogP contribution is 2.19. The van der Waals surface area contributed by atoms with Gasteiger partial charge in [-0.2, -0.15) is 0 Å². The van der Waals surface area contributed by atoms with Crippen LogP contribution in [0.15, 0.2) is 12.3 Å². The first-order valence-corrected chi connectivity index (χ1v) is 5.16. The molecule has 0 unspecified atom stereocenters. The highest BCUT2D eigenvalue weighted by atomic mass is 15.2. The second-order valence-electron chi connectivity index (χ2n) is 4.02. The van der Waals surface area contributed by atoms with Gasteiger partial charge in [0.2, 0.25) is 0 Å². The van der Waals surface area contributed by atoms with Gasteiger partial charge in [0.1, 0.15) is 0 Å². The van der Waals surface area contributed by atoms with Crippen LogP contribution in [0, 0.1) is 0 Å². The Bertz CT molecular complexity index is 149. The summed E-state index contributed by atoms with van der Waals surface area (Å²) in [5, 5.41) is 0. The fraction of sp³-hybridized carbons (Fsp3) is 0.818. The van der Waals surface area contributed by atoms with Crippen LogP contribution in [0.3, 0.4) is 0 Å². The van der Waals surface area contributed by atoms with Gasteiger partial charge in [-0.3, -0.25) is 0 Å². The molecule has 0 amide bonds. The number of hydrogen-bond donors (Lipinski definition) is 0. The summed E-state index contributed by atoms with van der Waals surface area (Å²) in [5.74, 6) is 0. The molecule has 0 atom stereocenters. The Labute approximate surface area is 76.5 Å². The van der Waals surface area contributed by atoms with Gasteiger partial charge in [0, 0.05) is 18.3 Å². The van der Waals surface area contributed by atoms with Crippen molar-refractivity contribution in [2.75, 3.05) is 6.54 Å². The van der Waals surface area contributed by atoms with E-state index in [1.807, 2.05) is 0 Å². The molecule has 0 aromatic carbocycles. The zero-order valence-corrected chi connectivity index (χ0v) is 8.47. The van der Waals surface area contributed by atoms with Crippen LogP contribution in [-0.4, -0.2) is 17.5 Å². The highest BCUT2D eigenvalue weighted by Gasteiger charge is 2.12. The zero-order chi connectivity index (χ0) is 8.97. The quantitative estimate of drug-likeness (QED) is 0.580. The Morgan fingerprint density at radius 2 is 1.83 bits per heavy atom. The molecule has 0 radical (unpaired) electrons.